The van der Waals surface area contributed by atoms with Crippen LogP contribution >= 0.6 is 0 Å². The van der Waals surface area contributed by atoms with E-state index in [2.05, 4.69) is 154 Å². The Balaban J connectivity index is 4.59. The summed E-state index contributed by atoms with van der Waals surface area (Å²) in [6.45, 7) is 6.25. The van der Waals surface area contributed by atoms with Crippen molar-refractivity contribution >= 4 is 17.9 Å². The van der Waals surface area contributed by atoms with E-state index >= 15 is 0 Å². The van der Waals surface area contributed by atoms with Crippen LogP contribution in [0.5, 0.6) is 0 Å². The third kappa shape index (κ3) is 52.1. The van der Waals surface area contributed by atoms with Crippen molar-refractivity contribution in [3.8, 4) is 0 Å². The maximum absolute atomic E-state index is 12.8. The number of hydrogen-bond donors (Lipinski definition) is 0. The van der Waals surface area contributed by atoms with Gasteiger partial charge in [-0.1, -0.05) is 218 Å². The van der Waals surface area contributed by atoms with E-state index in [-0.39, 0.29) is 44.0 Å². The molecule has 0 N–H and O–H groups in total. The standard InChI is InChI=1S/C61H94O6/c1-4-7-10-13-16-19-22-25-27-29-31-33-34-36-39-42-45-48-51-54-60(63)66-57-58(56-65-59(62)53-50-47-44-41-38-24-21-18-15-12-9-6-3)67-61(64)55-52-49-46-43-40-37-35-32-30-28-26-23-20-17-14-11-8-5-2/h7,9-10,12,16-21,23,25-28,30-33,35-36,39,45,48,58H,4-6,8,11,13-15,22,24,29,34,37-38,40-44,46-47,49-57H2,1-3H3/b10-7-,12-9-,19-16-,20-17-,21-18-,26-23-,27-25-,30-28-,33-31-,35-32-,39-36-,48-45-. The van der Waals surface area contributed by atoms with Crippen LogP contribution in [-0.4, -0.2) is 37.2 Å². The first-order valence-electron chi connectivity index (χ1n) is 26.4. The molecule has 0 aliphatic heterocycles. The van der Waals surface area contributed by atoms with E-state index < -0.39 is 6.10 Å². The fraction of sp³-hybridized carbons (Fsp3) is 0.557. The number of carbonyl (C=O) groups is 3. The van der Waals surface area contributed by atoms with Crippen molar-refractivity contribution in [2.24, 2.45) is 0 Å². The van der Waals surface area contributed by atoms with Crippen LogP contribution in [-0.2, 0) is 28.6 Å². The maximum atomic E-state index is 12.8. The van der Waals surface area contributed by atoms with Crippen molar-refractivity contribution in [1.29, 1.82) is 0 Å². The summed E-state index contributed by atoms with van der Waals surface area (Å²) in [5, 5.41) is 0. The summed E-state index contributed by atoms with van der Waals surface area (Å²) in [6.07, 6.45) is 77.0. The molecule has 0 spiro atoms. The monoisotopic (exact) mass is 923 g/mol. The molecule has 0 aliphatic carbocycles. The molecular formula is C61H94O6. The Kier molecular flexibility index (Phi) is 50.1. The molecule has 0 heterocycles. The van der Waals surface area contributed by atoms with Gasteiger partial charge in [-0.3, -0.25) is 14.4 Å². The topological polar surface area (TPSA) is 78.9 Å². The van der Waals surface area contributed by atoms with E-state index in [1.807, 2.05) is 12.2 Å². The average Bonchev–Trinajstić information content (AvgIpc) is 3.33. The van der Waals surface area contributed by atoms with Crippen LogP contribution in [0.3, 0.4) is 0 Å². The fourth-order valence-corrected chi connectivity index (χ4v) is 6.52. The first-order chi connectivity index (χ1) is 33.0. The molecule has 6 heteroatoms. The van der Waals surface area contributed by atoms with Gasteiger partial charge in [-0.05, 0) is 109 Å². The molecule has 1 unspecified atom stereocenters. The zero-order chi connectivity index (χ0) is 48.6. The van der Waals surface area contributed by atoms with Crippen LogP contribution in [0.2, 0.25) is 0 Å². The van der Waals surface area contributed by atoms with E-state index in [1.54, 1.807) is 0 Å². The normalized spacial score (nSPS) is 13.3. The molecular weight excluding hydrogens is 829 g/mol. The Morgan fingerprint density at radius 2 is 0.672 bits per heavy atom. The number of allylic oxidation sites excluding steroid dienone is 24. The minimum absolute atomic E-state index is 0.125. The smallest absolute Gasteiger partial charge is 0.306 e. The van der Waals surface area contributed by atoms with Gasteiger partial charge in [-0.15, -0.1) is 0 Å². The predicted molar refractivity (Wildman–Crippen MR) is 288 cm³/mol. The lowest BCUT2D eigenvalue weighted by Crippen LogP contribution is -2.30. The largest absolute Gasteiger partial charge is 0.462 e. The third-order valence-corrected chi connectivity index (χ3v) is 10.4. The summed E-state index contributed by atoms with van der Waals surface area (Å²) >= 11 is 0. The minimum atomic E-state index is -0.833. The quantitative estimate of drug-likeness (QED) is 0.0199. The van der Waals surface area contributed by atoms with Crippen molar-refractivity contribution < 1.29 is 28.6 Å². The summed E-state index contributed by atoms with van der Waals surface area (Å²) in [6, 6.07) is 0. The highest BCUT2D eigenvalue weighted by atomic mass is 16.6. The first kappa shape index (κ1) is 62.3. The second-order valence-corrected chi connectivity index (χ2v) is 16.8. The van der Waals surface area contributed by atoms with Crippen LogP contribution in [0.4, 0.5) is 0 Å². The zero-order valence-electron chi connectivity index (χ0n) is 42.6. The number of rotatable bonds is 45. The van der Waals surface area contributed by atoms with Gasteiger partial charge in [-0.2, -0.15) is 0 Å². The Morgan fingerprint density at radius 3 is 1.13 bits per heavy atom. The molecule has 0 saturated carbocycles. The molecule has 1 atom stereocenters. The molecule has 0 amide bonds. The predicted octanol–water partition coefficient (Wildman–Crippen LogP) is 17.6. The van der Waals surface area contributed by atoms with Crippen molar-refractivity contribution in [2.45, 2.75) is 207 Å². The van der Waals surface area contributed by atoms with Crippen LogP contribution in [0.15, 0.2) is 146 Å². The molecule has 0 bridgehead atoms. The molecule has 0 radical (unpaired) electrons. The Bertz CT molecular complexity index is 1530. The van der Waals surface area contributed by atoms with E-state index in [4.69, 9.17) is 14.2 Å². The third-order valence-electron chi connectivity index (χ3n) is 10.4. The Hall–Kier alpha value is -4.71. The van der Waals surface area contributed by atoms with Gasteiger partial charge in [0.05, 0.1) is 0 Å². The number of carbonyl (C=O) groups excluding carboxylic acids is 3. The van der Waals surface area contributed by atoms with Gasteiger partial charge in [0.2, 0.25) is 0 Å². The van der Waals surface area contributed by atoms with Gasteiger partial charge in [0.1, 0.15) is 13.2 Å². The maximum Gasteiger partial charge on any atom is 0.306 e. The summed E-state index contributed by atoms with van der Waals surface area (Å²) < 4.78 is 16.7. The second kappa shape index (κ2) is 53.9. The molecule has 0 fully saturated rings. The molecule has 0 saturated heterocycles. The SMILES string of the molecule is CC/C=C\C/C=C\C/C=C\C/C=C\C/C=C\C/C=C\CCC(=O)OCC(COC(=O)CCCCCCC/C=C\C/C=C\CC)OC(=O)CCCCCCC\C=C/C=C\C=C/C=C\CCCCC. The summed E-state index contributed by atoms with van der Waals surface area (Å²) in [7, 11) is 0. The van der Waals surface area contributed by atoms with Crippen molar-refractivity contribution in [1.82, 2.24) is 0 Å². The lowest BCUT2D eigenvalue weighted by molar-refractivity contribution is -0.166. The van der Waals surface area contributed by atoms with Crippen LogP contribution in [0.1, 0.15) is 201 Å². The molecule has 0 aromatic rings. The summed E-state index contributed by atoms with van der Waals surface area (Å²) in [5.41, 5.74) is 0. The molecule has 374 valence electrons. The second-order valence-electron chi connectivity index (χ2n) is 16.8. The molecule has 0 aromatic carbocycles. The molecule has 0 aromatic heterocycles. The van der Waals surface area contributed by atoms with Crippen LogP contribution < -0.4 is 0 Å². The van der Waals surface area contributed by atoms with Gasteiger partial charge < -0.3 is 14.2 Å². The van der Waals surface area contributed by atoms with Crippen LogP contribution in [0.25, 0.3) is 0 Å². The van der Waals surface area contributed by atoms with E-state index in [0.29, 0.717) is 12.8 Å². The lowest BCUT2D eigenvalue weighted by Gasteiger charge is -2.18. The number of esters is 3. The lowest BCUT2D eigenvalue weighted by atomic mass is 10.1. The number of ether oxygens (including phenoxy) is 3. The zero-order valence-corrected chi connectivity index (χ0v) is 42.6. The Morgan fingerprint density at radius 1 is 0.328 bits per heavy atom. The Labute approximate surface area is 410 Å². The number of unbranched alkanes of at least 4 members (excludes halogenated alkanes) is 13. The van der Waals surface area contributed by atoms with Crippen LogP contribution in [0, 0.1) is 0 Å². The van der Waals surface area contributed by atoms with Gasteiger partial charge >= 0.3 is 17.9 Å². The van der Waals surface area contributed by atoms with Gasteiger partial charge in [0.25, 0.3) is 0 Å². The number of hydrogen-bond acceptors (Lipinski definition) is 6. The van der Waals surface area contributed by atoms with E-state index in [0.717, 1.165) is 135 Å². The van der Waals surface area contributed by atoms with Crippen molar-refractivity contribution in [2.75, 3.05) is 13.2 Å². The van der Waals surface area contributed by atoms with E-state index in [9.17, 15) is 14.4 Å². The highest BCUT2D eigenvalue weighted by molar-refractivity contribution is 5.71. The van der Waals surface area contributed by atoms with Crippen molar-refractivity contribution in [3.05, 3.63) is 146 Å². The highest BCUT2D eigenvalue weighted by Gasteiger charge is 2.19. The fourth-order valence-electron chi connectivity index (χ4n) is 6.52. The molecule has 0 rings (SSSR count). The minimum Gasteiger partial charge on any atom is -0.462 e. The first-order valence-corrected chi connectivity index (χ1v) is 26.4. The average molecular weight is 923 g/mol. The van der Waals surface area contributed by atoms with Gasteiger partial charge in [-0.25, -0.2) is 0 Å². The molecule has 67 heavy (non-hydrogen) atoms. The van der Waals surface area contributed by atoms with Gasteiger partial charge in [0, 0.05) is 19.3 Å². The van der Waals surface area contributed by atoms with Crippen molar-refractivity contribution in [3.63, 3.8) is 0 Å². The summed E-state index contributed by atoms with van der Waals surface area (Å²) in [4.78, 5) is 38.0. The molecule has 6 nitrogen and oxygen atoms in total. The van der Waals surface area contributed by atoms with E-state index in [1.165, 1.54) is 19.3 Å². The summed E-state index contributed by atoms with van der Waals surface area (Å²) in [5.74, 6) is -1.06. The highest BCUT2D eigenvalue weighted by Crippen LogP contribution is 2.12. The molecule has 0 aliphatic rings. The van der Waals surface area contributed by atoms with Gasteiger partial charge in [0.15, 0.2) is 6.10 Å².